The molecule has 1 fully saturated rings. The average molecular weight is 185 g/mol. The van der Waals surface area contributed by atoms with E-state index in [1.165, 1.54) is 0 Å². The van der Waals surface area contributed by atoms with Crippen LogP contribution in [0.25, 0.3) is 0 Å². The molecule has 4 heteroatoms. The van der Waals surface area contributed by atoms with Crippen LogP contribution in [0.1, 0.15) is 26.2 Å². The molecule has 1 saturated carbocycles. The molecule has 0 aromatic carbocycles. The number of carbonyl (C=O) groups excluding carboxylic acids is 1. The second-order valence-electron chi connectivity index (χ2n) is 3.65. The van der Waals surface area contributed by atoms with Gasteiger partial charge in [-0.15, -0.1) is 0 Å². The van der Waals surface area contributed by atoms with Gasteiger partial charge in [0.25, 0.3) is 0 Å². The molecule has 0 heterocycles. The Kier molecular flexibility index (Phi) is 2.90. The summed E-state index contributed by atoms with van der Waals surface area (Å²) >= 11 is 0. The van der Waals surface area contributed by atoms with Crippen molar-refractivity contribution >= 4 is 11.9 Å². The third-order valence-electron chi connectivity index (χ3n) is 2.61. The Bertz CT molecular complexity index is 223. The smallest absolute Gasteiger partial charge is 0.312 e. The van der Waals surface area contributed by atoms with E-state index in [1.54, 1.807) is 11.9 Å². The molecule has 1 unspecified atom stereocenters. The summed E-state index contributed by atoms with van der Waals surface area (Å²) in [5.41, 5.74) is 0. The minimum absolute atomic E-state index is 0.187. The van der Waals surface area contributed by atoms with Crippen LogP contribution in [-0.4, -0.2) is 35.0 Å². The SMILES string of the molecule is CC(C1CC1)N(C)C(=O)CC(=O)O. The predicted octanol–water partition coefficient (Wildman–Crippen LogP) is 0.718. The second-order valence-corrected chi connectivity index (χ2v) is 3.65. The molecule has 4 nitrogen and oxygen atoms in total. The largest absolute Gasteiger partial charge is 0.481 e. The van der Waals surface area contributed by atoms with Gasteiger partial charge in [0.1, 0.15) is 6.42 Å². The molecule has 1 atom stereocenters. The molecule has 1 rings (SSSR count). The topological polar surface area (TPSA) is 57.6 Å². The number of carbonyl (C=O) groups is 2. The third-order valence-corrected chi connectivity index (χ3v) is 2.61. The first-order chi connectivity index (χ1) is 6.02. The fourth-order valence-corrected chi connectivity index (χ4v) is 1.38. The molecule has 0 bridgehead atoms. The fourth-order valence-electron chi connectivity index (χ4n) is 1.38. The summed E-state index contributed by atoms with van der Waals surface area (Å²) in [5.74, 6) is -0.769. The molecule has 13 heavy (non-hydrogen) atoms. The number of hydrogen-bond donors (Lipinski definition) is 1. The molecule has 1 aliphatic carbocycles. The van der Waals surface area contributed by atoms with Crippen molar-refractivity contribution in [1.29, 1.82) is 0 Å². The Labute approximate surface area is 77.5 Å². The van der Waals surface area contributed by atoms with Crippen LogP contribution in [0.5, 0.6) is 0 Å². The highest BCUT2D eigenvalue weighted by Gasteiger charge is 2.32. The summed E-state index contributed by atoms with van der Waals surface area (Å²) in [5, 5.41) is 8.42. The highest BCUT2D eigenvalue weighted by Crippen LogP contribution is 2.34. The lowest BCUT2D eigenvalue weighted by Crippen LogP contribution is -2.37. The fraction of sp³-hybridized carbons (Fsp3) is 0.778. The van der Waals surface area contributed by atoms with Crippen LogP contribution in [-0.2, 0) is 9.59 Å². The van der Waals surface area contributed by atoms with Crippen LogP contribution in [0.15, 0.2) is 0 Å². The number of nitrogens with zero attached hydrogens (tertiary/aromatic N) is 1. The maximum absolute atomic E-state index is 11.3. The standard InChI is InChI=1S/C9H15NO3/c1-6(7-3-4-7)10(2)8(11)5-9(12)13/h6-7H,3-5H2,1-2H3,(H,12,13). The first-order valence-electron chi connectivity index (χ1n) is 4.50. The minimum atomic E-state index is -1.06. The Balaban J connectivity index is 2.40. The van der Waals surface area contributed by atoms with Crippen LogP contribution >= 0.6 is 0 Å². The Morgan fingerprint density at radius 1 is 1.54 bits per heavy atom. The predicted molar refractivity (Wildman–Crippen MR) is 47.2 cm³/mol. The summed E-state index contributed by atoms with van der Waals surface area (Å²) in [6, 6.07) is 0.187. The number of aliphatic carboxylic acids is 1. The van der Waals surface area contributed by atoms with Gasteiger partial charge in [0.2, 0.25) is 5.91 Å². The average Bonchev–Trinajstić information content (AvgIpc) is 2.82. The summed E-state index contributed by atoms with van der Waals surface area (Å²) in [6.07, 6.45) is 1.92. The van der Waals surface area contributed by atoms with Crippen molar-refractivity contribution in [3.63, 3.8) is 0 Å². The highest BCUT2D eigenvalue weighted by atomic mass is 16.4. The number of carboxylic acid groups (broad SMARTS) is 1. The third kappa shape index (κ3) is 2.72. The zero-order valence-electron chi connectivity index (χ0n) is 7.99. The van der Waals surface area contributed by atoms with Gasteiger partial charge in [-0.25, -0.2) is 0 Å². The lowest BCUT2D eigenvalue weighted by atomic mass is 10.2. The number of rotatable bonds is 4. The van der Waals surface area contributed by atoms with E-state index in [-0.39, 0.29) is 11.9 Å². The van der Waals surface area contributed by atoms with E-state index >= 15 is 0 Å². The molecule has 1 aliphatic rings. The van der Waals surface area contributed by atoms with Crippen molar-refractivity contribution in [3.8, 4) is 0 Å². The zero-order valence-corrected chi connectivity index (χ0v) is 7.99. The number of hydrogen-bond acceptors (Lipinski definition) is 2. The van der Waals surface area contributed by atoms with Gasteiger partial charge < -0.3 is 10.0 Å². The number of amides is 1. The summed E-state index contributed by atoms with van der Waals surface area (Å²) in [7, 11) is 1.67. The van der Waals surface area contributed by atoms with Gasteiger partial charge in [0.05, 0.1) is 0 Å². The van der Waals surface area contributed by atoms with Crippen LogP contribution in [0.2, 0.25) is 0 Å². The second kappa shape index (κ2) is 3.77. The molecule has 1 N–H and O–H groups in total. The number of carboxylic acids is 1. The van der Waals surface area contributed by atoms with Gasteiger partial charge in [-0.3, -0.25) is 9.59 Å². The molecule has 0 aliphatic heterocycles. The summed E-state index contributed by atoms with van der Waals surface area (Å²) < 4.78 is 0. The Morgan fingerprint density at radius 3 is 2.46 bits per heavy atom. The molecule has 0 aromatic rings. The van der Waals surface area contributed by atoms with Crippen LogP contribution in [0, 0.1) is 5.92 Å². The quantitative estimate of drug-likeness (QED) is 0.656. The van der Waals surface area contributed by atoms with E-state index < -0.39 is 12.4 Å². The molecular formula is C9H15NO3. The van der Waals surface area contributed by atoms with Crippen LogP contribution < -0.4 is 0 Å². The van der Waals surface area contributed by atoms with E-state index in [4.69, 9.17) is 5.11 Å². The van der Waals surface area contributed by atoms with Gasteiger partial charge in [-0.2, -0.15) is 0 Å². The van der Waals surface area contributed by atoms with Crippen molar-refractivity contribution in [2.24, 2.45) is 5.92 Å². The first-order valence-corrected chi connectivity index (χ1v) is 4.50. The Hall–Kier alpha value is -1.06. The van der Waals surface area contributed by atoms with Gasteiger partial charge in [0, 0.05) is 13.1 Å². The maximum Gasteiger partial charge on any atom is 0.312 e. The van der Waals surface area contributed by atoms with E-state index in [0.29, 0.717) is 5.92 Å². The minimum Gasteiger partial charge on any atom is -0.481 e. The van der Waals surface area contributed by atoms with E-state index in [2.05, 4.69) is 0 Å². The summed E-state index contributed by atoms with van der Waals surface area (Å²) in [6.45, 7) is 1.97. The Morgan fingerprint density at radius 2 is 2.08 bits per heavy atom. The van der Waals surface area contributed by atoms with Crippen molar-refractivity contribution < 1.29 is 14.7 Å². The normalized spacial score (nSPS) is 18.0. The molecule has 0 spiro atoms. The van der Waals surface area contributed by atoms with E-state index in [1.807, 2.05) is 6.92 Å². The van der Waals surface area contributed by atoms with Crippen molar-refractivity contribution in [2.45, 2.75) is 32.2 Å². The monoisotopic (exact) mass is 185 g/mol. The lowest BCUT2D eigenvalue weighted by Gasteiger charge is -2.24. The van der Waals surface area contributed by atoms with Crippen molar-refractivity contribution in [1.82, 2.24) is 4.90 Å². The molecule has 1 amide bonds. The van der Waals surface area contributed by atoms with Gasteiger partial charge in [-0.1, -0.05) is 0 Å². The first kappa shape index (κ1) is 10.0. The molecule has 0 aromatic heterocycles. The van der Waals surface area contributed by atoms with Crippen LogP contribution in [0.4, 0.5) is 0 Å². The molecule has 0 radical (unpaired) electrons. The van der Waals surface area contributed by atoms with Crippen molar-refractivity contribution in [3.05, 3.63) is 0 Å². The molecular weight excluding hydrogens is 170 g/mol. The van der Waals surface area contributed by atoms with Gasteiger partial charge in [0.15, 0.2) is 0 Å². The van der Waals surface area contributed by atoms with Crippen molar-refractivity contribution in [2.75, 3.05) is 7.05 Å². The summed E-state index contributed by atoms with van der Waals surface area (Å²) in [4.78, 5) is 23.1. The van der Waals surface area contributed by atoms with E-state index in [0.717, 1.165) is 12.8 Å². The van der Waals surface area contributed by atoms with Gasteiger partial charge in [-0.05, 0) is 25.7 Å². The van der Waals surface area contributed by atoms with Crippen LogP contribution in [0.3, 0.4) is 0 Å². The highest BCUT2D eigenvalue weighted by molar-refractivity contribution is 5.93. The van der Waals surface area contributed by atoms with E-state index in [9.17, 15) is 9.59 Å². The maximum atomic E-state index is 11.3. The molecule has 0 saturated heterocycles. The molecule has 74 valence electrons. The lowest BCUT2D eigenvalue weighted by molar-refractivity contribution is -0.144. The zero-order chi connectivity index (χ0) is 10.0. The van der Waals surface area contributed by atoms with Gasteiger partial charge >= 0.3 is 5.97 Å².